The molecule has 0 atom stereocenters. The van der Waals surface area contributed by atoms with Crippen LogP contribution in [0.15, 0.2) is 60.0 Å². The van der Waals surface area contributed by atoms with Gasteiger partial charge in [-0.3, -0.25) is 0 Å². The van der Waals surface area contributed by atoms with E-state index < -0.39 is 6.09 Å². The Balaban J connectivity index is 1.40. The van der Waals surface area contributed by atoms with E-state index in [1.807, 2.05) is 50.2 Å². The van der Waals surface area contributed by atoms with Gasteiger partial charge in [0.05, 0.1) is 17.9 Å². The first-order valence-electron chi connectivity index (χ1n) is 10.5. The summed E-state index contributed by atoms with van der Waals surface area (Å²) in [6.45, 7) is 5.21. The quantitative estimate of drug-likeness (QED) is 0.356. The number of hydrogen-bond donors (Lipinski definition) is 2. The van der Waals surface area contributed by atoms with Gasteiger partial charge in [0.1, 0.15) is 5.01 Å². The average Bonchev–Trinajstić information content (AvgIpc) is 3.39. The van der Waals surface area contributed by atoms with Crippen molar-refractivity contribution < 1.29 is 9.53 Å². The highest BCUT2D eigenvalue weighted by Gasteiger charge is 2.15. The van der Waals surface area contributed by atoms with Crippen molar-refractivity contribution in [1.29, 1.82) is 0 Å². The first kappa shape index (κ1) is 23.0. The van der Waals surface area contributed by atoms with Crippen LogP contribution in [0.25, 0.3) is 10.6 Å². The average molecular weight is 481 g/mol. The minimum atomic E-state index is -0.533. The van der Waals surface area contributed by atoms with Crippen LogP contribution in [-0.4, -0.2) is 15.6 Å². The Morgan fingerprint density at radius 2 is 1.97 bits per heavy atom. The zero-order chi connectivity index (χ0) is 23.4. The summed E-state index contributed by atoms with van der Waals surface area (Å²) in [6, 6.07) is 17.5. The van der Waals surface area contributed by atoms with Gasteiger partial charge in [0.25, 0.3) is 0 Å². The van der Waals surface area contributed by atoms with Gasteiger partial charge in [0.2, 0.25) is 0 Å². The summed E-state index contributed by atoms with van der Waals surface area (Å²) >= 11 is 7.88. The van der Waals surface area contributed by atoms with Crippen LogP contribution in [0.4, 0.5) is 4.79 Å². The number of carbonyl (C=O) groups excluding carboxylic acids is 1. The van der Waals surface area contributed by atoms with E-state index >= 15 is 0 Å². The normalized spacial score (nSPS) is 10.9. The van der Waals surface area contributed by atoms with Gasteiger partial charge < -0.3 is 20.4 Å². The van der Waals surface area contributed by atoms with Crippen LogP contribution in [0.2, 0.25) is 5.02 Å². The molecule has 0 aliphatic rings. The van der Waals surface area contributed by atoms with Crippen molar-refractivity contribution in [3.8, 4) is 16.3 Å². The molecule has 170 valence electrons. The number of thiazole rings is 1. The third-order valence-corrected chi connectivity index (χ3v) is 6.69. The molecule has 0 aliphatic heterocycles. The molecule has 0 aliphatic carbocycles. The maximum Gasteiger partial charge on any atom is 0.412 e. The zero-order valence-electron chi connectivity index (χ0n) is 18.5. The maximum atomic E-state index is 12.4. The third-order valence-electron chi connectivity index (χ3n) is 5.40. The first-order valence-corrected chi connectivity index (χ1v) is 11.8. The Morgan fingerprint density at radius 1 is 1.18 bits per heavy atom. The zero-order valence-corrected chi connectivity index (χ0v) is 20.0. The van der Waals surface area contributed by atoms with Crippen molar-refractivity contribution in [3.05, 3.63) is 93.2 Å². The molecule has 0 unspecified atom stereocenters. The number of amides is 1. The molecule has 2 aromatic carbocycles. The number of carbonyl (C=O) groups is 1. The van der Waals surface area contributed by atoms with Gasteiger partial charge in [-0.2, -0.15) is 0 Å². The molecule has 0 bridgehead atoms. The molecule has 4 rings (SSSR count). The molecule has 33 heavy (non-hydrogen) atoms. The van der Waals surface area contributed by atoms with Crippen LogP contribution in [0, 0.1) is 13.8 Å². The summed E-state index contributed by atoms with van der Waals surface area (Å²) in [5.41, 5.74) is 11.3. The molecule has 1 amide bonds. The van der Waals surface area contributed by atoms with Gasteiger partial charge >= 0.3 is 6.09 Å². The number of nitrogens with zero attached hydrogens (tertiary/aromatic N) is 2. The highest BCUT2D eigenvalue weighted by atomic mass is 35.5. The number of aryl methyl sites for hydroxylation is 1. The molecule has 0 saturated heterocycles. The summed E-state index contributed by atoms with van der Waals surface area (Å²) in [4.78, 5) is 17.2. The van der Waals surface area contributed by atoms with Crippen LogP contribution >= 0.6 is 22.9 Å². The van der Waals surface area contributed by atoms with Crippen LogP contribution in [0.5, 0.6) is 5.75 Å². The van der Waals surface area contributed by atoms with Crippen molar-refractivity contribution in [2.45, 2.75) is 33.5 Å². The molecular formula is C25H25ClN4O2S. The highest BCUT2D eigenvalue weighted by molar-refractivity contribution is 7.13. The van der Waals surface area contributed by atoms with E-state index in [1.165, 1.54) is 0 Å². The molecule has 2 heterocycles. The fraction of sp³-hybridized carbons (Fsp3) is 0.200. The summed E-state index contributed by atoms with van der Waals surface area (Å²) in [6.07, 6.45) is -0.533. The van der Waals surface area contributed by atoms with E-state index in [4.69, 9.17) is 27.1 Å². The summed E-state index contributed by atoms with van der Waals surface area (Å²) in [5.74, 6) is 0.521. The molecule has 8 heteroatoms. The summed E-state index contributed by atoms with van der Waals surface area (Å²) < 4.78 is 7.67. The number of aromatic nitrogens is 2. The topological polar surface area (TPSA) is 82.2 Å². The first-order chi connectivity index (χ1) is 15.9. The van der Waals surface area contributed by atoms with E-state index in [0.29, 0.717) is 23.9 Å². The third kappa shape index (κ3) is 5.45. The monoisotopic (exact) mass is 480 g/mol. The molecule has 3 N–H and O–H groups in total. The van der Waals surface area contributed by atoms with Crippen LogP contribution in [-0.2, 0) is 19.6 Å². The van der Waals surface area contributed by atoms with E-state index in [2.05, 4.69) is 27.4 Å². The lowest BCUT2D eigenvalue weighted by atomic mass is 10.1. The number of rotatable bonds is 7. The number of ether oxygens (including phenoxy) is 1. The predicted octanol–water partition coefficient (Wildman–Crippen LogP) is 5.68. The predicted molar refractivity (Wildman–Crippen MR) is 133 cm³/mol. The standard InChI is InChI=1S/C25H25ClN4O2S/c1-16-10-23(32-25(31)28-13-20-9-8-18(12-27)11-22(20)26)17(2)30(16)14-21-15-33-24(29-21)19-6-4-3-5-7-19/h3-11,15H,12-14,27H2,1-2H3,(H,28,31). The molecule has 4 aromatic rings. The highest BCUT2D eigenvalue weighted by Crippen LogP contribution is 2.27. The second-order valence-corrected chi connectivity index (χ2v) is 8.97. The van der Waals surface area contributed by atoms with E-state index in [0.717, 1.165) is 38.8 Å². The van der Waals surface area contributed by atoms with Gasteiger partial charge in [-0.15, -0.1) is 11.3 Å². The van der Waals surface area contributed by atoms with Crippen LogP contribution in [0.1, 0.15) is 28.2 Å². The Labute approximate surface area is 202 Å². The van der Waals surface area contributed by atoms with Gasteiger partial charge in [-0.25, -0.2) is 9.78 Å². The van der Waals surface area contributed by atoms with Crippen molar-refractivity contribution >= 4 is 29.0 Å². The number of benzene rings is 2. The van der Waals surface area contributed by atoms with Gasteiger partial charge in [-0.05, 0) is 31.0 Å². The Kier molecular flexibility index (Phi) is 7.13. The Hall–Kier alpha value is -3.13. The van der Waals surface area contributed by atoms with Crippen LogP contribution in [0.3, 0.4) is 0 Å². The number of nitrogens with one attached hydrogen (secondary N) is 1. The fourth-order valence-electron chi connectivity index (χ4n) is 3.54. The van der Waals surface area contributed by atoms with E-state index in [9.17, 15) is 4.79 Å². The van der Waals surface area contributed by atoms with Crippen LogP contribution < -0.4 is 15.8 Å². The van der Waals surface area contributed by atoms with E-state index in [-0.39, 0.29) is 6.54 Å². The van der Waals surface area contributed by atoms with Gasteiger partial charge in [0.15, 0.2) is 5.75 Å². The van der Waals surface area contributed by atoms with Crippen molar-refractivity contribution in [3.63, 3.8) is 0 Å². The maximum absolute atomic E-state index is 12.4. The summed E-state index contributed by atoms with van der Waals surface area (Å²) in [5, 5.41) is 6.37. The Morgan fingerprint density at radius 3 is 2.70 bits per heavy atom. The smallest absolute Gasteiger partial charge is 0.408 e. The van der Waals surface area contributed by atoms with E-state index in [1.54, 1.807) is 17.4 Å². The molecule has 6 nitrogen and oxygen atoms in total. The fourth-order valence-corrected chi connectivity index (χ4v) is 4.62. The van der Waals surface area contributed by atoms with Crippen molar-refractivity contribution in [2.24, 2.45) is 5.73 Å². The molecular weight excluding hydrogens is 456 g/mol. The minimum absolute atomic E-state index is 0.266. The second kappa shape index (κ2) is 10.2. The van der Waals surface area contributed by atoms with Gasteiger partial charge in [0, 0.05) is 40.8 Å². The molecule has 2 aromatic heterocycles. The lowest BCUT2D eigenvalue weighted by Gasteiger charge is -2.10. The largest absolute Gasteiger partial charge is 0.412 e. The Bertz CT molecular complexity index is 1270. The molecule has 0 fully saturated rings. The number of halogens is 1. The van der Waals surface area contributed by atoms with Gasteiger partial charge in [-0.1, -0.05) is 54.1 Å². The lowest BCUT2D eigenvalue weighted by molar-refractivity contribution is 0.199. The molecule has 0 spiro atoms. The minimum Gasteiger partial charge on any atom is -0.408 e. The molecule has 0 saturated carbocycles. The van der Waals surface area contributed by atoms with Crippen molar-refractivity contribution in [1.82, 2.24) is 14.9 Å². The number of hydrogen-bond acceptors (Lipinski definition) is 5. The lowest BCUT2D eigenvalue weighted by Crippen LogP contribution is -2.26. The molecule has 0 radical (unpaired) electrons. The van der Waals surface area contributed by atoms with Crippen molar-refractivity contribution in [2.75, 3.05) is 0 Å². The SMILES string of the molecule is Cc1cc(OC(=O)NCc2ccc(CN)cc2Cl)c(C)n1Cc1csc(-c2ccccc2)n1. The second-order valence-electron chi connectivity index (χ2n) is 7.70. The number of nitrogens with two attached hydrogens (primary N) is 1. The summed E-state index contributed by atoms with van der Waals surface area (Å²) in [7, 11) is 0.